The van der Waals surface area contributed by atoms with E-state index in [4.69, 9.17) is 0 Å². The van der Waals surface area contributed by atoms with E-state index in [2.05, 4.69) is 52.0 Å². The molecule has 0 bridgehead atoms. The maximum absolute atomic E-state index is 4.43. The van der Waals surface area contributed by atoms with E-state index in [9.17, 15) is 0 Å². The minimum Gasteiger partial charge on any atom is -0.268 e. The van der Waals surface area contributed by atoms with Crippen molar-refractivity contribution in [3.63, 3.8) is 0 Å². The molecule has 86 valence electrons. The highest BCUT2D eigenvalue weighted by Crippen LogP contribution is 2.40. The molecule has 0 saturated carbocycles. The third-order valence-corrected chi connectivity index (χ3v) is 5.71. The fourth-order valence-electron chi connectivity index (χ4n) is 1.90. The second-order valence-corrected chi connectivity index (χ2v) is 6.42. The molecule has 0 amide bonds. The van der Waals surface area contributed by atoms with Gasteiger partial charge < -0.3 is 0 Å². The number of fused-ring (bicyclic) bond motifs is 1. The molecule has 2 heterocycles. The minimum absolute atomic E-state index is 0.0521. The second kappa shape index (κ2) is 4.63. The molecule has 0 spiro atoms. The van der Waals surface area contributed by atoms with Gasteiger partial charge in [0.25, 0.3) is 0 Å². The molecule has 0 aliphatic carbocycles. The van der Waals surface area contributed by atoms with Gasteiger partial charge in [0.05, 0.1) is 12.3 Å². The number of hydrogen-bond acceptors (Lipinski definition) is 3. The number of nitrogens with zero attached hydrogens (tertiary/aromatic N) is 2. The van der Waals surface area contributed by atoms with Crippen LogP contribution in [0, 0.1) is 0 Å². The van der Waals surface area contributed by atoms with E-state index in [1.165, 1.54) is 14.7 Å². The number of thioether (sulfide) groups is 1. The van der Waals surface area contributed by atoms with Gasteiger partial charge in [-0.3, -0.25) is 4.99 Å². The summed E-state index contributed by atoms with van der Waals surface area (Å²) >= 11 is 1.77. The Hall–Kier alpha value is -1.13. The normalized spacial score (nSPS) is 22.2. The van der Waals surface area contributed by atoms with Crippen molar-refractivity contribution in [3.05, 3.63) is 40.6 Å². The van der Waals surface area contributed by atoms with Gasteiger partial charge in [0, 0.05) is 14.7 Å². The molecular formula is C13H12N2S2. The molecule has 0 fully saturated rings. The second-order valence-electron chi connectivity index (χ2n) is 3.69. The molecule has 3 rings (SSSR count). The number of aliphatic imine (C=N–C) groups is 2. The molecule has 2 aliphatic rings. The molecule has 0 saturated heterocycles. The van der Waals surface area contributed by atoms with Gasteiger partial charge in [-0.25, -0.2) is 4.99 Å². The van der Waals surface area contributed by atoms with Crippen LogP contribution in [0.25, 0.3) is 0 Å². The number of hydrogen-bond donors (Lipinski definition) is 0. The maximum Gasteiger partial charge on any atom is 0.111 e. The first-order valence-electron chi connectivity index (χ1n) is 5.37. The zero-order valence-corrected chi connectivity index (χ0v) is 11.1. The zero-order chi connectivity index (χ0) is 11.7. The fourth-order valence-corrected chi connectivity index (χ4v) is 4.93. The smallest absolute Gasteiger partial charge is 0.111 e. The van der Waals surface area contributed by atoms with Crippen LogP contribution in [-0.4, -0.2) is 29.7 Å². The van der Waals surface area contributed by atoms with E-state index in [-0.39, 0.29) is 10.5 Å². The van der Waals surface area contributed by atoms with Crippen molar-refractivity contribution < 1.29 is 0 Å². The van der Waals surface area contributed by atoms with Gasteiger partial charge in [-0.15, -0.1) is 22.2 Å². The average Bonchev–Trinajstić information content (AvgIpc) is 2.78. The Morgan fingerprint density at radius 2 is 2.06 bits per heavy atom. The van der Waals surface area contributed by atoms with Crippen molar-refractivity contribution in [1.29, 1.82) is 0 Å². The molecule has 4 heteroatoms. The molecule has 1 aromatic rings. The van der Waals surface area contributed by atoms with Crippen molar-refractivity contribution in [2.45, 2.75) is 4.90 Å². The van der Waals surface area contributed by atoms with E-state index >= 15 is 0 Å². The number of rotatable bonds is 2. The van der Waals surface area contributed by atoms with Gasteiger partial charge in [-0.1, -0.05) is 18.2 Å². The Labute approximate surface area is 107 Å². The summed E-state index contributed by atoms with van der Waals surface area (Å²) in [6, 6.07) is 10.6. The van der Waals surface area contributed by atoms with Crippen LogP contribution < -0.4 is 0 Å². The van der Waals surface area contributed by atoms with Gasteiger partial charge in [-0.05, 0) is 23.8 Å². The van der Waals surface area contributed by atoms with Crippen LogP contribution in [0.3, 0.4) is 0 Å². The summed E-state index contributed by atoms with van der Waals surface area (Å²) < 4.78 is 0. The fraction of sp³-hybridized carbons (Fsp3) is 0.154. The lowest BCUT2D eigenvalue weighted by Crippen LogP contribution is -2.18. The van der Waals surface area contributed by atoms with Crippen molar-refractivity contribution in [2.24, 2.45) is 9.98 Å². The Balaban J connectivity index is 2.13. The van der Waals surface area contributed by atoms with Crippen molar-refractivity contribution in [3.8, 4) is 0 Å². The molecule has 2 nitrogen and oxygen atoms in total. The van der Waals surface area contributed by atoms with Crippen LogP contribution in [-0.2, 0) is 0 Å². The lowest BCUT2D eigenvalue weighted by Gasteiger charge is -2.10. The van der Waals surface area contributed by atoms with Gasteiger partial charge in [0.2, 0.25) is 0 Å². The Morgan fingerprint density at radius 3 is 2.82 bits per heavy atom. The van der Waals surface area contributed by atoms with Crippen LogP contribution in [0.2, 0.25) is 0 Å². The van der Waals surface area contributed by atoms with Gasteiger partial charge >= 0.3 is 0 Å². The standard InChI is InChI=1S/C13H12N2S2/c1-16-11-8-17(10-5-3-2-4-6-10)12-7-14-9-15-13(11)12/h2-6,8-9H,7H2,1H3. The molecule has 0 aromatic heterocycles. The lowest BCUT2D eigenvalue weighted by atomic mass is 10.2. The summed E-state index contributed by atoms with van der Waals surface area (Å²) in [5.74, 6) is 0. The quantitative estimate of drug-likeness (QED) is 0.750. The summed E-state index contributed by atoms with van der Waals surface area (Å²) in [4.78, 5) is 12.7. The van der Waals surface area contributed by atoms with Gasteiger partial charge in [0.1, 0.15) is 6.34 Å². The molecule has 1 atom stereocenters. The predicted molar refractivity (Wildman–Crippen MR) is 79.7 cm³/mol. The number of allylic oxidation sites excluding steroid dienone is 1. The van der Waals surface area contributed by atoms with Crippen LogP contribution in [0.15, 0.2) is 55.5 Å². The molecule has 0 N–H and O–H groups in total. The average molecular weight is 260 g/mol. The first-order valence-corrected chi connectivity index (χ1v) is 7.88. The predicted octanol–water partition coefficient (Wildman–Crippen LogP) is 3.19. The third kappa shape index (κ3) is 1.91. The van der Waals surface area contributed by atoms with Gasteiger partial charge in [0.15, 0.2) is 0 Å². The third-order valence-electron chi connectivity index (χ3n) is 2.71. The monoisotopic (exact) mass is 260 g/mol. The summed E-state index contributed by atoms with van der Waals surface area (Å²) in [6.07, 6.45) is 3.79. The summed E-state index contributed by atoms with van der Waals surface area (Å²) in [5.41, 5.74) is 1.15. The first-order chi connectivity index (χ1) is 8.40. The summed E-state index contributed by atoms with van der Waals surface area (Å²) in [7, 11) is 0.0521. The summed E-state index contributed by atoms with van der Waals surface area (Å²) in [5, 5.41) is 2.34. The highest BCUT2D eigenvalue weighted by atomic mass is 32.2. The topological polar surface area (TPSA) is 24.7 Å². The molecule has 0 radical (unpaired) electrons. The van der Waals surface area contributed by atoms with Crippen LogP contribution >= 0.6 is 22.2 Å². The highest BCUT2D eigenvalue weighted by Gasteiger charge is 2.24. The minimum atomic E-state index is 0.0521. The van der Waals surface area contributed by atoms with Crippen LogP contribution in [0.5, 0.6) is 0 Å². The molecule has 2 aliphatic heterocycles. The van der Waals surface area contributed by atoms with E-state index in [0.717, 1.165) is 12.3 Å². The Bertz CT molecular complexity index is 568. The molecule has 17 heavy (non-hydrogen) atoms. The SMILES string of the molecule is CSC1=CS(c2ccccc2)=C2CN=CN=C12. The molecule has 1 aromatic carbocycles. The Kier molecular flexibility index (Phi) is 2.99. The maximum atomic E-state index is 4.43. The van der Waals surface area contributed by atoms with Gasteiger partial charge in [-0.2, -0.15) is 0 Å². The van der Waals surface area contributed by atoms with Crippen LogP contribution in [0.4, 0.5) is 0 Å². The van der Waals surface area contributed by atoms with Crippen molar-refractivity contribution in [1.82, 2.24) is 0 Å². The lowest BCUT2D eigenvalue weighted by molar-refractivity contribution is 1.32. The summed E-state index contributed by atoms with van der Waals surface area (Å²) in [6.45, 7) is 0.789. The van der Waals surface area contributed by atoms with E-state index in [1.807, 2.05) is 0 Å². The Morgan fingerprint density at radius 1 is 1.24 bits per heavy atom. The highest BCUT2D eigenvalue weighted by molar-refractivity contribution is 8.21. The molecule has 1 unspecified atom stereocenters. The van der Waals surface area contributed by atoms with E-state index < -0.39 is 0 Å². The van der Waals surface area contributed by atoms with Crippen molar-refractivity contribution >= 4 is 39.2 Å². The van der Waals surface area contributed by atoms with Crippen molar-refractivity contribution in [2.75, 3.05) is 12.8 Å². The van der Waals surface area contributed by atoms with Crippen LogP contribution in [0.1, 0.15) is 0 Å². The van der Waals surface area contributed by atoms with E-state index in [1.54, 1.807) is 18.1 Å². The first kappa shape index (κ1) is 11.0. The molecular weight excluding hydrogens is 248 g/mol. The van der Waals surface area contributed by atoms with E-state index in [0.29, 0.717) is 0 Å². The largest absolute Gasteiger partial charge is 0.268 e. The number of benzene rings is 1. The zero-order valence-electron chi connectivity index (χ0n) is 9.46.